The largest absolute Gasteiger partial charge is 0.476 e. The van der Waals surface area contributed by atoms with Gasteiger partial charge in [0.25, 0.3) is 0 Å². The summed E-state index contributed by atoms with van der Waals surface area (Å²) in [6.07, 6.45) is 23.7. The van der Waals surface area contributed by atoms with Gasteiger partial charge in [-0.3, -0.25) is 4.79 Å². The first kappa shape index (κ1) is 24.1. The highest BCUT2D eigenvalue weighted by Gasteiger charge is 2.09. The molecule has 0 aliphatic rings. The molecule has 0 fully saturated rings. The highest BCUT2D eigenvalue weighted by Crippen LogP contribution is 2.14. The van der Waals surface area contributed by atoms with E-state index in [2.05, 4.69) is 6.92 Å². The van der Waals surface area contributed by atoms with Gasteiger partial charge < -0.3 is 5.11 Å². The van der Waals surface area contributed by atoms with Crippen LogP contribution in [0.5, 0.6) is 0 Å². The lowest BCUT2D eigenvalue weighted by atomic mass is 10.0. The smallest absolute Gasteiger partial charge is 0.372 e. The molecule has 0 spiro atoms. The van der Waals surface area contributed by atoms with Gasteiger partial charge in [0.15, 0.2) is 0 Å². The lowest BCUT2D eigenvalue weighted by molar-refractivity contribution is -0.149. The normalized spacial score (nSPS) is 10.9. The van der Waals surface area contributed by atoms with E-state index >= 15 is 0 Å². The molecular formula is C22H42O3. The zero-order valence-electron chi connectivity index (χ0n) is 16.7. The Morgan fingerprint density at radius 3 is 1.08 bits per heavy atom. The van der Waals surface area contributed by atoms with Crippen molar-refractivity contribution in [1.29, 1.82) is 0 Å². The number of hydrogen-bond acceptors (Lipinski definition) is 2. The quantitative estimate of drug-likeness (QED) is 0.188. The van der Waals surface area contributed by atoms with Gasteiger partial charge in [-0.2, -0.15) is 0 Å². The summed E-state index contributed by atoms with van der Waals surface area (Å²) in [5.41, 5.74) is 0. The molecule has 0 heterocycles. The van der Waals surface area contributed by atoms with Crippen molar-refractivity contribution in [1.82, 2.24) is 0 Å². The van der Waals surface area contributed by atoms with E-state index in [0.717, 1.165) is 19.3 Å². The molecule has 0 saturated heterocycles. The van der Waals surface area contributed by atoms with E-state index in [1.807, 2.05) is 0 Å². The molecule has 148 valence electrons. The molecule has 0 aromatic carbocycles. The van der Waals surface area contributed by atoms with Gasteiger partial charge >= 0.3 is 5.97 Å². The molecule has 0 atom stereocenters. The van der Waals surface area contributed by atoms with Gasteiger partial charge in [0.2, 0.25) is 5.78 Å². The standard InChI is InChI=1S/C22H42O3/c1-2-3-4-5-6-7-8-9-10-11-12-13-14-15-16-17-18-19-20-21(23)22(24)25/h2-20H2,1H3,(H,24,25). The van der Waals surface area contributed by atoms with Crippen LogP contribution in [0, 0.1) is 0 Å². The van der Waals surface area contributed by atoms with E-state index in [4.69, 9.17) is 5.11 Å². The van der Waals surface area contributed by atoms with Gasteiger partial charge in [0, 0.05) is 6.42 Å². The molecule has 0 radical (unpaired) electrons. The molecule has 0 amide bonds. The Morgan fingerprint density at radius 1 is 0.520 bits per heavy atom. The van der Waals surface area contributed by atoms with Crippen molar-refractivity contribution in [3.63, 3.8) is 0 Å². The van der Waals surface area contributed by atoms with Gasteiger partial charge in [0.1, 0.15) is 0 Å². The lowest BCUT2D eigenvalue weighted by Crippen LogP contribution is -2.11. The summed E-state index contributed by atoms with van der Waals surface area (Å²) >= 11 is 0. The van der Waals surface area contributed by atoms with Crippen LogP contribution < -0.4 is 0 Å². The van der Waals surface area contributed by atoms with Gasteiger partial charge in [-0.15, -0.1) is 0 Å². The van der Waals surface area contributed by atoms with Crippen molar-refractivity contribution in [2.45, 2.75) is 129 Å². The Kier molecular flexibility index (Phi) is 18.8. The number of aliphatic carboxylic acids is 1. The summed E-state index contributed by atoms with van der Waals surface area (Å²) in [6.45, 7) is 2.27. The van der Waals surface area contributed by atoms with Crippen molar-refractivity contribution in [3.05, 3.63) is 0 Å². The Labute approximate surface area is 156 Å². The fraction of sp³-hybridized carbons (Fsp3) is 0.909. The van der Waals surface area contributed by atoms with Crippen molar-refractivity contribution in [3.8, 4) is 0 Å². The van der Waals surface area contributed by atoms with Crippen LogP contribution in [0.15, 0.2) is 0 Å². The third-order valence-corrected chi connectivity index (χ3v) is 5.00. The van der Waals surface area contributed by atoms with Gasteiger partial charge in [-0.05, 0) is 6.42 Å². The summed E-state index contributed by atoms with van der Waals surface area (Å²) in [5, 5.41) is 8.48. The predicted molar refractivity (Wildman–Crippen MR) is 106 cm³/mol. The lowest BCUT2D eigenvalue weighted by Gasteiger charge is -2.03. The minimum atomic E-state index is -1.29. The van der Waals surface area contributed by atoms with Crippen molar-refractivity contribution in [2.24, 2.45) is 0 Å². The maximum atomic E-state index is 10.9. The summed E-state index contributed by atoms with van der Waals surface area (Å²) in [7, 11) is 0. The van der Waals surface area contributed by atoms with E-state index in [-0.39, 0.29) is 6.42 Å². The molecule has 3 heteroatoms. The van der Waals surface area contributed by atoms with Crippen LogP contribution in [0.1, 0.15) is 129 Å². The number of rotatable bonds is 20. The van der Waals surface area contributed by atoms with Crippen LogP contribution in [0.4, 0.5) is 0 Å². The minimum absolute atomic E-state index is 0.202. The average molecular weight is 355 g/mol. The van der Waals surface area contributed by atoms with Crippen molar-refractivity contribution < 1.29 is 14.7 Å². The molecule has 3 nitrogen and oxygen atoms in total. The SMILES string of the molecule is CCCCCCCCCCCCCCCCCCCCC(=O)C(=O)O. The van der Waals surface area contributed by atoms with E-state index in [1.54, 1.807) is 0 Å². The highest BCUT2D eigenvalue weighted by atomic mass is 16.4. The van der Waals surface area contributed by atoms with Crippen LogP contribution in [0.2, 0.25) is 0 Å². The summed E-state index contributed by atoms with van der Waals surface area (Å²) in [6, 6.07) is 0. The van der Waals surface area contributed by atoms with E-state index < -0.39 is 11.8 Å². The van der Waals surface area contributed by atoms with Crippen LogP contribution in [0.3, 0.4) is 0 Å². The number of carboxylic acids is 1. The van der Waals surface area contributed by atoms with Crippen LogP contribution >= 0.6 is 0 Å². The Bertz CT molecular complexity index is 312. The molecule has 25 heavy (non-hydrogen) atoms. The Hall–Kier alpha value is -0.860. The molecule has 0 aromatic rings. The molecule has 0 aliphatic heterocycles. The zero-order valence-corrected chi connectivity index (χ0v) is 16.7. The molecule has 0 unspecified atom stereocenters. The number of carbonyl (C=O) groups is 2. The second-order valence-electron chi connectivity index (χ2n) is 7.49. The molecule has 0 bridgehead atoms. The molecule has 0 aromatic heterocycles. The summed E-state index contributed by atoms with van der Waals surface area (Å²) < 4.78 is 0. The molecule has 0 rings (SSSR count). The second-order valence-corrected chi connectivity index (χ2v) is 7.49. The van der Waals surface area contributed by atoms with Crippen LogP contribution in [-0.4, -0.2) is 16.9 Å². The first-order valence-corrected chi connectivity index (χ1v) is 10.9. The number of Topliss-reactive ketones (excluding diaryl/α,β-unsaturated/α-hetero) is 1. The topological polar surface area (TPSA) is 54.4 Å². The van der Waals surface area contributed by atoms with E-state index in [9.17, 15) is 9.59 Å². The number of ketones is 1. The first-order chi connectivity index (χ1) is 12.2. The summed E-state index contributed by atoms with van der Waals surface area (Å²) in [4.78, 5) is 21.3. The maximum absolute atomic E-state index is 10.9. The van der Waals surface area contributed by atoms with Gasteiger partial charge in [-0.25, -0.2) is 4.79 Å². The molecule has 0 saturated carbocycles. The predicted octanol–water partition coefficient (Wildman–Crippen LogP) is 7.07. The third-order valence-electron chi connectivity index (χ3n) is 5.00. The van der Waals surface area contributed by atoms with Crippen molar-refractivity contribution in [2.75, 3.05) is 0 Å². The Balaban J connectivity index is 3.05. The maximum Gasteiger partial charge on any atom is 0.372 e. The number of hydrogen-bond donors (Lipinski definition) is 1. The fourth-order valence-corrected chi connectivity index (χ4v) is 3.29. The molecular weight excluding hydrogens is 312 g/mol. The minimum Gasteiger partial charge on any atom is -0.476 e. The number of carboxylic acid groups (broad SMARTS) is 1. The Morgan fingerprint density at radius 2 is 0.800 bits per heavy atom. The van der Waals surface area contributed by atoms with Crippen LogP contribution in [0.25, 0.3) is 0 Å². The average Bonchev–Trinajstić information content (AvgIpc) is 2.60. The first-order valence-electron chi connectivity index (χ1n) is 10.9. The summed E-state index contributed by atoms with van der Waals surface area (Å²) in [5.74, 6) is -1.93. The highest BCUT2D eigenvalue weighted by molar-refractivity contribution is 6.32. The third kappa shape index (κ3) is 19.3. The molecule has 1 N–H and O–H groups in total. The number of carbonyl (C=O) groups excluding carboxylic acids is 1. The van der Waals surface area contributed by atoms with E-state index in [0.29, 0.717) is 0 Å². The van der Waals surface area contributed by atoms with Crippen molar-refractivity contribution >= 4 is 11.8 Å². The monoisotopic (exact) mass is 354 g/mol. The zero-order chi connectivity index (χ0) is 18.6. The van der Waals surface area contributed by atoms with E-state index in [1.165, 1.54) is 96.3 Å². The van der Waals surface area contributed by atoms with Gasteiger partial charge in [-0.1, -0.05) is 116 Å². The van der Waals surface area contributed by atoms with Gasteiger partial charge in [0.05, 0.1) is 0 Å². The number of unbranched alkanes of at least 4 members (excludes halogenated alkanes) is 17. The molecule has 0 aliphatic carbocycles. The second kappa shape index (κ2) is 19.5. The van der Waals surface area contributed by atoms with Crippen LogP contribution in [-0.2, 0) is 9.59 Å². The fourth-order valence-electron chi connectivity index (χ4n) is 3.29.